The van der Waals surface area contributed by atoms with Gasteiger partial charge >= 0.3 is 5.97 Å². The standard InChI is InChI=1S/C20H38O4/c1-7-10-17(8-2)11-15(4)13-20(9-3)14-16(5)18(23-24-20)12-19(21)22-6/h15-18H,7-14H2,1-6H3. The lowest BCUT2D eigenvalue weighted by Crippen LogP contribution is -2.45. The van der Waals surface area contributed by atoms with Crippen molar-refractivity contribution in [1.29, 1.82) is 0 Å². The maximum absolute atomic E-state index is 11.5. The molecular weight excluding hydrogens is 304 g/mol. The molecular formula is C20H38O4. The summed E-state index contributed by atoms with van der Waals surface area (Å²) in [6.07, 6.45) is 8.07. The quantitative estimate of drug-likeness (QED) is 0.399. The molecule has 1 saturated heterocycles. The highest BCUT2D eigenvalue weighted by Crippen LogP contribution is 2.40. The maximum Gasteiger partial charge on any atom is 0.308 e. The zero-order chi connectivity index (χ0) is 18.2. The van der Waals surface area contributed by atoms with Crippen LogP contribution >= 0.6 is 0 Å². The molecule has 0 amide bonds. The minimum atomic E-state index is -0.238. The summed E-state index contributed by atoms with van der Waals surface area (Å²) in [7, 11) is 1.41. The highest BCUT2D eigenvalue weighted by Gasteiger charge is 2.42. The second kappa shape index (κ2) is 10.4. The van der Waals surface area contributed by atoms with Gasteiger partial charge in [-0.3, -0.25) is 4.79 Å². The monoisotopic (exact) mass is 342 g/mol. The molecule has 0 aromatic heterocycles. The Balaban J connectivity index is 2.60. The van der Waals surface area contributed by atoms with E-state index in [1.54, 1.807) is 0 Å². The fourth-order valence-electron chi connectivity index (χ4n) is 4.14. The Morgan fingerprint density at radius 1 is 1.33 bits per heavy atom. The molecule has 1 rings (SSSR count). The van der Waals surface area contributed by atoms with Crippen LogP contribution in [0, 0.1) is 17.8 Å². The Bertz CT molecular complexity index is 371. The van der Waals surface area contributed by atoms with E-state index in [0.717, 1.165) is 25.2 Å². The van der Waals surface area contributed by atoms with Gasteiger partial charge in [0.1, 0.15) is 11.7 Å². The molecule has 24 heavy (non-hydrogen) atoms. The van der Waals surface area contributed by atoms with Crippen molar-refractivity contribution in [2.75, 3.05) is 7.11 Å². The first kappa shape index (κ1) is 21.4. The Hall–Kier alpha value is -0.610. The molecule has 0 spiro atoms. The third-order valence-corrected chi connectivity index (χ3v) is 5.65. The number of carbonyl (C=O) groups excluding carboxylic acids is 1. The summed E-state index contributed by atoms with van der Waals surface area (Å²) in [6, 6.07) is 0. The van der Waals surface area contributed by atoms with Crippen LogP contribution in [0.3, 0.4) is 0 Å². The Labute approximate surface area is 148 Å². The number of ether oxygens (including phenoxy) is 1. The number of hydrogen-bond donors (Lipinski definition) is 0. The van der Waals surface area contributed by atoms with Gasteiger partial charge in [-0.15, -0.1) is 0 Å². The zero-order valence-electron chi connectivity index (χ0n) is 16.6. The fraction of sp³-hybridized carbons (Fsp3) is 0.950. The maximum atomic E-state index is 11.5. The molecule has 1 aliphatic heterocycles. The lowest BCUT2D eigenvalue weighted by Gasteiger charge is -2.43. The van der Waals surface area contributed by atoms with Crippen LogP contribution in [0.1, 0.15) is 86.0 Å². The van der Waals surface area contributed by atoms with Crippen molar-refractivity contribution < 1.29 is 19.3 Å². The van der Waals surface area contributed by atoms with Gasteiger partial charge in [0.25, 0.3) is 0 Å². The predicted octanol–water partition coefficient (Wildman–Crippen LogP) is 5.30. The molecule has 4 nitrogen and oxygen atoms in total. The molecule has 5 unspecified atom stereocenters. The molecule has 1 heterocycles. The summed E-state index contributed by atoms with van der Waals surface area (Å²) >= 11 is 0. The van der Waals surface area contributed by atoms with E-state index < -0.39 is 0 Å². The average molecular weight is 343 g/mol. The van der Waals surface area contributed by atoms with E-state index in [1.165, 1.54) is 32.8 Å². The Morgan fingerprint density at radius 3 is 2.54 bits per heavy atom. The third-order valence-electron chi connectivity index (χ3n) is 5.65. The molecule has 0 aromatic carbocycles. The van der Waals surface area contributed by atoms with Gasteiger partial charge in [0.05, 0.1) is 13.5 Å². The number of hydrogen-bond acceptors (Lipinski definition) is 4. The average Bonchev–Trinajstić information content (AvgIpc) is 2.56. The number of rotatable bonds is 10. The second-order valence-electron chi connectivity index (χ2n) is 7.82. The van der Waals surface area contributed by atoms with Crippen molar-refractivity contribution in [3.05, 3.63) is 0 Å². The van der Waals surface area contributed by atoms with Gasteiger partial charge in [-0.1, -0.05) is 53.9 Å². The van der Waals surface area contributed by atoms with Crippen molar-refractivity contribution in [3.8, 4) is 0 Å². The van der Waals surface area contributed by atoms with E-state index in [2.05, 4.69) is 34.6 Å². The second-order valence-corrected chi connectivity index (χ2v) is 7.82. The number of esters is 1. The lowest BCUT2D eigenvalue weighted by molar-refractivity contribution is -0.423. The highest BCUT2D eigenvalue weighted by atomic mass is 17.2. The van der Waals surface area contributed by atoms with Crippen molar-refractivity contribution in [1.82, 2.24) is 0 Å². The van der Waals surface area contributed by atoms with Gasteiger partial charge < -0.3 is 4.74 Å². The molecule has 0 saturated carbocycles. The Kier molecular flexibility index (Phi) is 9.28. The van der Waals surface area contributed by atoms with Crippen LogP contribution in [0.5, 0.6) is 0 Å². The first-order valence-corrected chi connectivity index (χ1v) is 9.80. The zero-order valence-corrected chi connectivity index (χ0v) is 16.6. The molecule has 0 N–H and O–H groups in total. The normalized spacial score (nSPS) is 29.9. The Morgan fingerprint density at radius 2 is 2.04 bits per heavy atom. The summed E-state index contributed by atoms with van der Waals surface area (Å²) in [5, 5.41) is 0. The summed E-state index contributed by atoms with van der Waals surface area (Å²) in [5.74, 6) is 1.49. The van der Waals surface area contributed by atoms with Crippen molar-refractivity contribution in [3.63, 3.8) is 0 Å². The molecule has 0 bridgehead atoms. The van der Waals surface area contributed by atoms with Gasteiger partial charge in [-0.25, -0.2) is 9.78 Å². The van der Waals surface area contributed by atoms with Crippen LogP contribution < -0.4 is 0 Å². The molecule has 142 valence electrons. The molecule has 0 radical (unpaired) electrons. The summed E-state index contributed by atoms with van der Waals surface area (Å²) in [4.78, 5) is 23.0. The van der Waals surface area contributed by atoms with Crippen molar-refractivity contribution in [2.45, 2.75) is 97.7 Å². The van der Waals surface area contributed by atoms with E-state index in [-0.39, 0.29) is 24.1 Å². The first-order chi connectivity index (χ1) is 11.4. The first-order valence-electron chi connectivity index (χ1n) is 9.80. The highest BCUT2D eigenvalue weighted by molar-refractivity contribution is 5.69. The third kappa shape index (κ3) is 6.36. The van der Waals surface area contributed by atoms with E-state index in [1.807, 2.05) is 0 Å². The van der Waals surface area contributed by atoms with E-state index in [0.29, 0.717) is 11.8 Å². The van der Waals surface area contributed by atoms with Crippen LogP contribution in [0.2, 0.25) is 0 Å². The fourth-order valence-corrected chi connectivity index (χ4v) is 4.14. The summed E-state index contributed by atoms with van der Waals surface area (Å²) in [6.45, 7) is 11.2. The summed E-state index contributed by atoms with van der Waals surface area (Å²) < 4.78 is 4.75. The SMILES string of the molecule is CCCC(CC)CC(C)CC1(CC)CC(C)C(CC(=O)OC)OO1. The van der Waals surface area contributed by atoms with Crippen LogP contribution in [0.4, 0.5) is 0 Å². The molecule has 1 fully saturated rings. The van der Waals surface area contributed by atoms with Crippen LogP contribution in [-0.4, -0.2) is 24.8 Å². The van der Waals surface area contributed by atoms with Crippen LogP contribution in [0.25, 0.3) is 0 Å². The topological polar surface area (TPSA) is 44.8 Å². The lowest BCUT2D eigenvalue weighted by atomic mass is 9.77. The molecule has 0 aromatic rings. The largest absolute Gasteiger partial charge is 0.469 e. The molecule has 1 aliphatic rings. The number of carbonyl (C=O) groups is 1. The smallest absolute Gasteiger partial charge is 0.308 e. The molecule has 5 atom stereocenters. The van der Waals surface area contributed by atoms with E-state index >= 15 is 0 Å². The number of methoxy groups -OCH3 is 1. The van der Waals surface area contributed by atoms with E-state index in [4.69, 9.17) is 14.5 Å². The molecule has 4 heteroatoms. The minimum absolute atomic E-state index is 0.198. The summed E-state index contributed by atoms with van der Waals surface area (Å²) in [5.41, 5.74) is -0.212. The van der Waals surface area contributed by atoms with Gasteiger partial charge in [-0.05, 0) is 43.4 Å². The van der Waals surface area contributed by atoms with Gasteiger partial charge in [0.15, 0.2) is 0 Å². The van der Waals surface area contributed by atoms with Gasteiger partial charge in [-0.2, -0.15) is 0 Å². The van der Waals surface area contributed by atoms with E-state index in [9.17, 15) is 4.79 Å². The van der Waals surface area contributed by atoms with Crippen LogP contribution in [-0.2, 0) is 19.3 Å². The predicted molar refractivity (Wildman–Crippen MR) is 96.5 cm³/mol. The van der Waals surface area contributed by atoms with Crippen molar-refractivity contribution >= 4 is 5.97 Å². The minimum Gasteiger partial charge on any atom is -0.469 e. The van der Waals surface area contributed by atoms with Gasteiger partial charge in [0.2, 0.25) is 0 Å². The van der Waals surface area contributed by atoms with Gasteiger partial charge in [0, 0.05) is 0 Å². The molecule has 0 aliphatic carbocycles. The van der Waals surface area contributed by atoms with Crippen molar-refractivity contribution in [2.24, 2.45) is 17.8 Å². The van der Waals surface area contributed by atoms with Crippen LogP contribution in [0.15, 0.2) is 0 Å².